The van der Waals surface area contributed by atoms with Crippen LogP contribution in [0.3, 0.4) is 0 Å². The van der Waals surface area contributed by atoms with Crippen molar-refractivity contribution in [2.24, 2.45) is 5.41 Å². The molecule has 0 heterocycles. The molecule has 0 bridgehead atoms. The van der Waals surface area contributed by atoms with Crippen LogP contribution >= 0.6 is 22.6 Å². The van der Waals surface area contributed by atoms with Crippen LogP contribution in [0, 0.1) is 16.7 Å². The predicted molar refractivity (Wildman–Crippen MR) is 105 cm³/mol. The number of rotatable bonds is 4. The molecule has 0 saturated heterocycles. The third kappa shape index (κ3) is 5.61. The first-order valence-corrected chi connectivity index (χ1v) is 8.85. The van der Waals surface area contributed by atoms with Gasteiger partial charge < -0.3 is 0 Å². The molecule has 0 radical (unpaired) electrons. The topological polar surface area (TPSA) is 23.8 Å². The third-order valence-electron chi connectivity index (χ3n) is 4.21. The van der Waals surface area contributed by atoms with Gasteiger partial charge in [0.25, 0.3) is 0 Å². The van der Waals surface area contributed by atoms with Crippen LogP contribution in [-0.2, 0) is 0 Å². The molecule has 0 aromatic rings. The molecule has 1 aliphatic rings. The number of allylic oxidation sites excluding steroid dienone is 10. The van der Waals surface area contributed by atoms with E-state index in [4.69, 9.17) is 5.26 Å². The number of nitrogens with zero attached hydrogens (tertiary/aromatic N) is 1. The summed E-state index contributed by atoms with van der Waals surface area (Å²) in [5.74, 6) is 0. The van der Waals surface area contributed by atoms with Crippen molar-refractivity contribution in [1.82, 2.24) is 0 Å². The van der Waals surface area contributed by atoms with E-state index in [1.165, 1.54) is 36.0 Å². The van der Waals surface area contributed by atoms with Crippen molar-refractivity contribution in [2.45, 2.75) is 53.9 Å². The number of halogens is 1. The lowest BCUT2D eigenvalue weighted by atomic mass is 9.72. The summed E-state index contributed by atoms with van der Waals surface area (Å²) in [6.45, 7) is 11.0. The van der Waals surface area contributed by atoms with E-state index in [0.717, 1.165) is 9.15 Å². The highest BCUT2D eigenvalue weighted by molar-refractivity contribution is 14.1. The van der Waals surface area contributed by atoms with Gasteiger partial charge >= 0.3 is 0 Å². The molecule has 1 nitrogen and oxygen atoms in total. The zero-order valence-corrected chi connectivity index (χ0v) is 16.5. The van der Waals surface area contributed by atoms with Crippen LogP contribution in [0.5, 0.6) is 0 Å². The zero-order chi connectivity index (χ0) is 16.8. The summed E-state index contributed by atoms with van der Waals surface area (Å²) in [4.78, 5) is 0. The van der Waals surface area contributed by atoms with Crippen molar-refractivity contribution in [1.29, 1.82) is 5.26 Å². The maximum absolute atomic E-state index is 8.68. The van der Waals surface area contributed by atoms with Gasteiger partial charge in [0.2, 0.25) is 0 Å². The van der Waals surface area contributed by atoms with Gasteiger partial charge in [-0.3, -0.25) is 0 Å². The number of nitriles is 1. The molecule has 0 aromatic carbocycles. The Morgan fingerprint density at radius 1 is 1.27 bits per heavy atom. The summed E-state index contributed by atoms with van der Waals surface area (Å²) in [6, 6.07) is 2.07. The Hall–Kier alpha value is -1.08. The van der Waals surface area contributed by atoms with Crippen molar-refractivity contribution in [2.75, 3.05) is 0 Å². The fourth-order valence-electron chi connectivity index (χ4n) is 2.78. The van der Waals surface area contributed by atoms with E-state index in [1.807, 2.05) is 6.92 Å². The highest BCUT2D eigenvalue weighted by Crippen LogP contribution is 2.40. The molecule has 0 N–H and O–H groups in total. The van der Waals surface area contributed by atoms with Gasteiger partial charge in [-0.2, -0.15) is 5.26 Å². The van der Waals surface area contributed by atoms with Gasteiger partial charge in [-0.1, -0.05) is 43.2 Å². The second kappa shape index (κ2) is 8.53. The maximum atomic E-state index is 8.68. The number of hydrogen-bond acceptors (Lipinski definition) is 1. The minimum Gasteiger partial charge on any atom is -0.193 e. The van der Waals surface area contributed by atoms with E-state index in [1.54, 1.807) is 6.08 Å². The molecule has 0 unspecified atom stereocenters. The largest absolute Gasteiger partial charge is 0.193 e. The van der Waals surface area contributed by atoms with Gasteiger partial charge in [0, 0.05) is 9.66 Å². The fourth-order valence-corrected chi connectivity index (χ4v) is 3.12. The van der Waals surface area contributed by atoms with E-state index in [9.17, 15) is 0 Å². The van der Waals surface area contributed by atoms with E-state index in [0.29, 0.717) is 0 Å². The van der Waals surface area contributed by atoms with Crippen LogP contribution in [0.15, 0.2) is 56.3 Å². The second-order valence-electron chi connectivity index (χ2n) is 6.65. The van der Waals surface area contributed by atoms with Crippen molar-refractivity contribution >= 4 is 22.6 Å². The zero-order valence-electron chi connectivity index (χ0n) is 14.3. The van der Waals surface area contributed by atoms with Gasteiger partial charge in [-0.25, -0.2) is 0 Å². The van der Waals surface area contributed by atoms with Crippen LogP contribution in [0.25, 0.3) is 0 Å². The van der Waals surface area contributed by atoms with Crippen LogP contribution in [0.1, 0.15) is 53.9 Å². The van der Waals surface area contributed by atoms with Gasteiger partial charge in [0.1, 0.15) is 0 Å². The Morgan fingerprint density at radius 3 is 2.55 bits per heavy atom. The van der Waals surface area contributed by atoms with Crippen LogP contribution < -0.4 is 0 Å². The molecule has 22 heavy (non-hydrogen) atoms. The molecule has 0 atom stereocenters. The molecule has 1 rings (SSSR count). The normalized spacial score (nSPS) is 20.5. The van der Waals surface area contributed by atoms with E-state index >= 15 is 0 Å². The molecule has 2 heteroatoms. The highest BCUT2D eigenvalue weighted by atomic mass is 127. The lowest BCUT2D eigenvalue weighted by Crippen LogP contribution is -2.19. The quantitative estimate of drug-likeness (QED) is 0.286. The van der Waals surface area contributed by atoms with Gasteiger partial charge in [-0.05, 0) is 85.3 Å². The standard InChI is InChI=1S/C20H26IN/c1-15(9-11-19(21)17(3)12-14-22)8-10-18-16(2)7-6-13-20(18,4)5/h8-12H,6-7,13H2,1-5H3/b10-8+,15-9+,17-12+,19-11+. The third-order valence-corrected chi connectivity index (χ3v) is 5.42. The Kier molecular flexibility index (Phi) is 7.35. The minimum absolute atomic E-state index is 0.287. The summed E-state index contributed by atoms with van der Waals surface area (Å²) in [5.41, 5.74) is 5.53. The van der Waals surface area contributed by atoms with Crippen LogP contribution in [-0.4, -0.2) is 0 Å². The minimum atomic E-state index is 0.287. The Balaban J connectivity index is 2.90. The molecule has 0 aromatic heterocycles. The Labute approximate surface area is 149 Å². The summed E-state index contributed by atoms with van der Waals surface area (Å²) in [5, 5.41) is 8.68. The average Bonchev–Trinajstić information content (AvgIpc) is 2.43. The van der Waals surface area contributed by atoms with Crippen LogP contribution in [0.2, 0.25) is 0 Å². The van der Waals surface area contributed by atoms with Crippen molar-refractivity contribution in [3.05, 3.63) is 56.3 Å². The van der Waals surface area contributed by atoms with Gasteiger partial charge in [-0.15, -0.1) is 0 Å². The fraction of sp³-hybridized carbons (Fsp3) is 0.450. The van der Waals surface area contributed by atoms with E-state index in [-0.39, 0.29) is 5.41 Å². The molecular formula is C20H26IN. The first-order valence-electron chi connectivity index (χ1n) is 7.77. The maximum Gasteiger partial charge on any atom is 0.0915 e. The first-order chi connectivity index (χ1) is 10.3. The van der Waals surface area contributed by atoms with Crippen molar-refractivity contribution in [3.63, 3.8) is 0 Å². The van der Waals surface area contributed by atoms with Gasteiger partial charge in [0.15, 0.2) is 0 Å². The Morgan fingerprint density at radius 2 is 1.95 bits per heavy atom. The Bertz CT molecular complexity index is 604. The molecule has 0 fully saturated rings. The van der Waals surface area contributed by atoms with Gasteiger partial charge in [0.05, 0.1) is 6.07 Å². The SMILES string of the molecule is CC1=C(/C=C/C(C)=C/C=C(I)\C(C)=C\C#N)C(C)(C)CCC1. The predicted octanol–water partition coefficient (Wildman–Crippen LogP) is 6.80. The molecule has 0 amide bonds. The molecule has 1 aliphatic carbocycles. The van der Waals surface area contributed by atoms with E-state index in [2.05, 4.69) is 80.7 Å². The summed E-state index contributed by atoms with van der Waals surface area (Å²) in [6.07, 6.45) is 14.0. The molecule has 0 spiro atoms. The average molecular weight is 407 g/mol. The molecular weight excluding hydrogens is 381 g/mol. The summed E-state index contributed by atoms with van der Waals surface area (Å²) >= 11 is 2.27. The van der Waals surface area contributed by atoms with E-state index < -0.39 is 0 Å². The van der Waals surface area contributed by atoms with Crippen molar-refractivity contribution < 1.29 is 0 Å². The van der Waals surface area contributed by atoms with Crippen molar-refractivity contribution in [3.8, 4) is 6.07 Å². The molecule has 0 saturated carbocycles. The monoisotopic (exact) mass is 407 g/mol. The first kappa shape index (κ1) is 19.0. The summed E-state index contributed by atoms with van der Waals surface area (Å²) < 4.78 is 1.10. The smallest absolute Gasteiger partial charge is 0.0915 e. The second-order valence-corrected chi connectivity index (χ2v) is 7.81. The lowest BCUT2D eigenvalue weighted by Gasteiger charge is -2.32. The lowest BCUT2D eigenvalue weighted by molar-refractivity contribution is 0.377. The summed E-state index contributed by atoms with van der Waals surface area (Å²) in [7, 11) is 0. The van der Waals surface area contributed by atoms with Crippen LogP contribution in [0.4, 0.5) is 0 Å². The highest BCUT2D eigenvalue weighted by Gasteiger charge is 2.26. The molecule has 118 valence electrons. The number of hydrogen-bond donors (Lipinski definition) is 0. The molecule has 0 aliphatic heterocycles.